The van der Waals surface area contributed by atoms with Crippen molar-refractivity contribution < 1.29 is 33.0 Å². The molecule has 0 saturated heterocycles. The van der Waals surface area contributed by atoms with Crippen molar-refractivity contribution in [2.45, 2.75) is 75.6 Å². The van der Waals surface area contributed by atoms with Gasteiger partial charge in [0.25, 0.3) is 0 Å². The second-order valence-corrected chi connectivity index (χ2v) is 11.6. The maximum absolute atomic E-state index is 4.89. The van der Waals surface area contributed by atoms with E-state index >= 15 is 0 Å². The summed E-state index contributed by atoms with van der Waals surface area (Å²) in [4.78, 5) is 6.25. The standard InChI is InChI=1S/C15H15NSSe.2C8H11.2Ni/c1-2-5-13(6-3-1)18-11-12-8-9-14(16-12)15-7-4-10-17-15;2*1-2-4-6-8-7-5-3-1;;/h1-7,10,12H,8-9,11H2;2*1-2,7H,3-6H2;;/q;2*-1;;. The molecule has 0 radical (unpaired) electrons. The number of allylic oxidation sites excluding steroid dienone is 8. The minimum atomic E-state index is 0. The summed E-state index contributed by atoms with van der Waals surface area (Å²) in [7, 11) is 0. The second kappa shape index (κ2) is 22.1. The molecule has 3 aliphatic rings. The molecule has 2 aliphatic carbocycles. The molecule has 0 fully saturated rings. The molecule has 1 nitrogen and oxygen atoms in total. The van der Waals surface area contributed by atoms with Gasteiger partial charge >= 0.3 is 118 Å². The molecule has 1 aromatic carbocycles. The second-order valence-electron chi connectivity index (χ2n) is 8.36. The number of rotatable bonds is 4. The van der Waals surface area contributed by atoms with Crippen molar-refractivity contribution in [1.29, 1.82) is 0 Å². The SMILES string of the molecule is [C-]1=CCCC=CCC1.[C-]1=CCCC=CCC1.[Ni].[Ni].c1ccc([Se]CC2CCC(c3cccs3)=N2)cc1. The van der Waals surface area contributed by atoms with Gasteiger partial charge < -0.3 is 12.2 Å². The van der Waals surface area contributed by atoms with E-state index < -0.39 is 0 Å². The normalized spacial score (nSPS) is 18.3. The molecule has 36 heavy (non-hydrogen) atoms. The van der Waals surface area contributed by atoms with E-state index in [9.17, 15) is 0 Å². The molecule has 5 heteroatoms. The number of nitrogens with zero attached hydrogens (tertiary/aromatic N) is 1. The van der Waals surface area contributed by atoms with Gasteiger partial charge in [0.05, 0.1) is 0 Å². The van der Waals surface area contributed by atoms with Gasteiger partial charge in [0.2, 0.25) is 0 Å². The van der Waals surface area contributed by atoms with Crippen LogP contribution in [0.25, 0.3) is 0 Å². The third-order valence-corrected chi connectivity index (χ3v) is 8.88. The van der Waals surface area contributed by atoms with Crippen LogP contribution < -0.4 is 4.46 Å². The number of aliphatic imine (C=N–C) groups is 1. The van der Waals surface area contributed by atoms with Crippen LogP contribution in [0.2, 0.25) is 5.32 Å². The molecule has 0 N–H and O–H groups in total. The van der Waals surface area contributed by atoms with E-state index in [0.717, 1.165) is 19.3 Å². The first-order valence-corrected chi connectivity index (χ1v) is 15.5. The van der Waals surface area contributed by atoms with Gasteiger partial charge in [-0.15, -0.1) is 0 Å². The van der Waals surface area contributed by atoms with Crippen molar-refractivity contribution in [3.63, 3.8) is 0 Å². The van der Waals surface area contributed by atoms with E-state index in [1.807, 2.05) is 11.3 Å². The average Bonchev–Trinajstić information content (AvgIpc) is 3.51. The molecule has 2 heterocycles. The van der Waals surface area contributed by atoms with Gasteiger partial charge in [0, 0.05) is 33.0 Å². The van der Waals surface area contributed by atoms with Crippen molar-refractivity contribution >= 4 is 36.5 Å². The molecule has 1 aromatic heterocycles. The number of hydrogen-bond donors (Lipinski definition) is 0. The fourth-order valence-corrected chi connectivity index (χ4v) is 6.48. The van der Waals surface area contributed by atoms with Gasteiger partial charge in [-0.1, -0.05) is 50.0 Å². The summed E-state index contributed by atoms with van der Waals surface area (Å²) >= 11 is 2.38. The van der Waals surface area contributed by atoms with Crippen LogP contribution in [0.3, 0.4) is 0 Å². The summed E-state index contributed by atoms with van der Waals surface area (Å²) in [6.45, 7) is 0. The predicted molar refractivity (Wildman–Crippen MR) is 151 cm³/mol. The third-order valence-electron chi connectivity index (χ3n) is 5.53. The van der Waals surface area contributed by atoms with E-state index in [4.69, 9.17) is 4.99 Å². The molecule has 5 rings (SSSR count). The molecule has 1 aliphatic heterocycles. The van der Waals surface area contributed by atoms with E-state index in [2.05, 4.69) is 96.5 Å². The zero-order chi connectivity index (χ0) is 23.5. The Hall–Kier alpha value is -0.944. The van der Waals surface area contributed by atoms with Crippen LogP contribution in [-0.4, -0.2) is 26.7 Å². The fourth-order valence-electron chi connectivity index (χ4n) is 3.68. The Morgan fingerprint density at radius 1 is 0.778 bits per heavy atom. The van der Waals surface area contributed by atoms with Crippen LogP contribution in [0, 0.1) is 12.2 Å². The van der Waals surface area contributed by atoms with Crippen molar-refractivity contribution in [3.05, 3.63) is 101 Å². The maximum atomic E-state index is 4.89. The Balaban J connectivity index is 0.000000303. The first-order chi connectivity index (χ1) is 16.9. The van der Waals surface area contributed by atoms with Gasteiger partial charge in [-0.2, -0.15) is 12.8 Å². The molecular weight excluding hydrogens is 615 g/mol. The molecule has 0 spiro atoms. The van der Waals surface area contributed by atoms with Gasteiger partial charge in [-0.3, -0.25) is 12.2 Å². The molecule has 1 unspecified atom stereocenters. The molecule has 0 amide bonds. The van der Waals surface area contributed by atoms with Crippen LogP contribution in [-0.2, 0) is 33.0 Å². The van der Waals surface area contributed by atoms with Gasteiger partial charge in [-0.25, -0.2) is 0 Å². The fraction of sp³-hybridized carbons (Fsp3) is 0.387. The zero-order valence-electron chi connectivity index (χ0n) is 20.8. The van der Waals surface area contributed by atoms with E-state index in [1.165, 1.54) is 65.3 Å². The Kier molecular flexibility index (Phi) is 20.3. The average molecular weight is 652 g/mol. The topological polar surface area (TPSA) is 12.4 Å². The number of thiophene rings is 1. The minimum absolute atomic E-state index is 0. The van der Waals surface area contributed by atoms with E-state index in [0.29, 0.717) is 21.0 Å². The number of hydrogen-bond acceptors (Lipinski definition) is 2. The Bertz CT molecular complexity index is 853. The third kappa shape index (κ3) is 14.7. The Morgan fingerprint density at radius 2 is 1.42 bits per heavy atom. The Morgan fingerprint density at radius 3 is 2.03 bits per heavy atom. The number of benzene rings is 1. The zero-order valence-corrected chi connectivity index (χ0v) is 25.3. The first-order valence-electron chi connectivity index (χ1n) is 12.6. The van der Waals surface area contributed by atoms with Gasteiger partial charge in [0.1, 0.15) is 0 Å². The predicted octanol–water partition coefficient (Wildman–Crippen LogP) is 8.09. The summed E-state index contributed by atoms with van der Waals surface area (Å²) in [5, 5.41) is 3.38. The summed E-state index contributed by atoms with van der Waals surface area (Å²) in [5.74, 6) is 0. The van der Waals surface area contributed by atoms with Gasteiger partial charge in [0.15, 0.2) is 0 Å². The monoisotopic (exact) mass is 651 g/mol. The van der Waals surface area contributed by atoms with Crippen LogP contribution >= 0.6 is 11.3 Å². The van der Waals surface area contributed by atoms with Crippen molar-refractivity contribution in [1.82, 2.24) is 0 Å². The van der Waals surface area contributed by atoms with Crippen LogP contribution in [0.5, 0.6) is 0 Å². The van der Waals surface area contributed by atoms with Crippen LogP contribution in [0.15, 0.2) is 89.3 Å². The van der Waals surface area contributed by atoms with Crippen LogP contribution in [0.1, 0.15) is 69.1 Å². The summed E-state index contributed by atoms with van der Waals surface area (Å²) in [6, 6.07) is 15.7. The van der Waals surface area contributed by atoms with Crippen molar-refractivity contribution in [2.75, 3.05) is 0 Å². The van der Waals surface area contributed by atoms with Crippen molar-refractivity contribution in [2.24, 2.45) is 4.99 Å². The summed E-state index contributed by atoms with van der Waals surface area (Å²) < 4.78 is 1.49. The van der Waals surface area contributed by atoms with E-state index in [1.54, 1.807) is 0 Å². The molecule has 200 valence electrons. The Labute approximate surface area is 249 Å². The molecule has 0 bridgehead atoms. The van der Waals surface area contributed by atoms with Gasteiger partial charge in [-0.05, 0) is 12.8 Å². The molecular formula is C31H37NNi2SSe-2. The molecule has 1 atom stereocenters. The van der Waals surface area contributed by atoms with Crippen molar-refractivity contribution in [3.8, 4) is 0 Å². The summed E-state index contributed by atoms with van der Waals surface area (Å²) in [6.07, 6.45) is 31.4. The molecule has 2 aromatic rings. The first kappa shape index (κ1) is 33.1. The van der Waals surface area contributed by atoms with E-state index in [-0.39, 0.29) is 33.0 Å². The quantitative estimate of drug-likeness (QED) is 0.180. The summed E-state index contributed by atoms with van der Waals surface area (Å²) in [5.41, 5.74) is 1.33. The van der Waals surface area contributed by atoms with Crippen LogP contribution in [0.4, 0.5) is 0 Å². The molecule has 0 saturated carbocycles.